The maximum atomic E-state index is 13.6. The zero-order chi connectivity index (χ0) is 79.8. The minimum atomic E-state index is -5.45. The molecule has 0 radical (unpaired) electrons. The Morgan fingerprint density at radius 2 is 1.26 bits per heavy atom. The molecule has 19 unspecified atom stereocenters. The van der Waals surface area contributed by atoms with Gasteiger partial charge in [0.1, 0.15) is 107 Å². The lowest BCUT2D eigenvalue weighted by Gasteiger charge is -2.51. The van der Waals surface area contributed by atoms with Crippen LogP contribution in [0.25, 0.3) is 10.8 Å². The Morgan fingerprint density at radius 3 is 1.88 bits per heavy atom. The van der Waals surface area contributed by atoms with Gasteiger partial charge in [-0.1, -0.05) is 31.7 Å². The molecule has 0 aromatic heterocycles. The third kappa shape index (κ3) is 20.3. The van der Waals surface area contributed by atoms with Crippen molar-refractivity contribution in [1.82, 2.24) is 16.0 Å². The zero-order valence-electron chi connectivity index (χ0n) is 57.6. The third-order valence-electron chi connectivity index (χ3n) is 18.2. The van der Waals surface area contributed by atoms with Crippen LogP contribution in [0.15, 0.2) is 72.8 Å². The lowest BCUT2D eigenvalue weighted by Crippen LogP contribution is -2.71. The molecule has 0 saturated carbocycles. The number of amides is 4. The Bertz CT molecular complexity index is 4300. The molecule has 42 nitrogen and oxygen atoms in total. The highest BCUT2D eigenvalue weighted by molar-refractivity contribution is 7.87. The van der Waals surface area contributed by atoms with E-state index in [2.05, 4.69) is 31.9 Å². The molecule has 21 N–H and O–H groups in total. The van der Waals surface area contributed by atoms with E-state index in [4.69, 9.17) is 37.9 Å². The number of carboxylic acid groups (broad SMARTS) is 1. The summed E-state index contributed by atoms with van der Waals surface area (Å²) in [4.78, 5) is 86.6. The second-order valence-electron chi connectivity index (χ2n) is 26.0. The molecule has 602 valence electrons. The molecule has 21 atom stereocenters. The number of carboxylic acids is 1. The van der Waals surface area contributed by atoms with E-state index in [1.54, 1.807) is 0 Å². The maximum Gasteiger partial charge on any atom is 0.364 e. The molecule has 4 saturated heterocycles. The topological polar surface area (TPSA) is 671 Å². The van der Waals surface area contributed by atoms with Crippen LogP contribution in [0.3, 0.4) is 0 Å². The largest absolute Gasteiger partial charge is 0.477 e. The van der Waals surface area contributed by atoms with Crippen molar-refractivity contribution in [2.24, 2.45) is 0 Å². The molecule has 0 aliphatic carbocycles. The first-order valence-electron chi connectivity index (χ1n) is 33.5. The van der Waals surface area contributed by atoms with E-state index < -0.39 is 251 Å². The molecule has 0 spiro atoms. The van der Waals surface area contributed by atoms with Crippen LogP contribution >= 0.6 is 0 Å². The number of aliphatic hydroxyl groups is 11. The van der Waals surface area contributed by atoms with Gasteiger partial charge in [-0.3, -0.25) is 42.4 Å². The third-order valence-corrected chi connectivity index (χ3v) is 20.8. The Hall–Kier alpha value is -7.08. The lowest BCUT2D eigenvalue weighted by atomic mass is 9.88. The van der Waals surface area contributed by atoms with Crippen molar-refractivity contribution in [3.8, 4) is 0 Å². The first-order chi connectivity index (χ1) is 50.7. The number of benzene rings is 3. The van der Waals surface area contributed by atoms with Crippen molar-refractivity contribution in [3.63, 3.8) is 0 Å². The summed E-state index contributed by atoms with van der Waals surface area (Å²) in [6.07, 6.45) is -32.6. The number of aliphatic hydroxyl groups excluding tert-OH is 11. The summed E-state index contributed by atoms with van der Waals surface area (Å²) in [6, 6.07) is 4.24. The van der Waals surface area contributed by atoms with Gasteiger partial charge >= 0.3 is 5.97 Å². The van der Waals surface area contributed by atoms with Gasteiger partial charge in [-0.15, -0.1) is 0 Å². The number of ether oxygens (including phenoxy) is 8. The summed E-state index contributed by atoms with van der Waals surface area (Å²) in [5.74, 6) is -8.21. The fraction of sp³-hybridized carbons (Fsp3) is 0.603. The monoisotopic (exact) mass is 1600 g/mol. The van der Waals surface area contributed by atoms with E-state index in [1.807, 2.05) is 0 Å². The van der Waals surface area contributed by atoms with Gasteiger partial charge in [0.25, 0.3) is 52.9 Å². The van der Waals surface area contributed by atoms with Crippen LogP contribution in [0, 0.1) is 0 Å². The Labute approximate surface area is 614 Å². The normalized spacial score (nSPS) is 29.7. The van der Waals surface area contributed by atoms with Gasteiger partial charge in [-0.2, -0.15) is 25.3 Å². The molecule has 0 bridgehead atoms. The summed E-state index contributed by atoms with van der Waals surface area (Å²) in [5, 5.41) is 144. The second kappa shape index (κ2) is 36.4. The van der Waals surface area contributed by atoms with E-state index in [1.165, 1.54) is 31.2 Å². The smallest absolute Gasteiger partial charge is 0.364 e. The molecule has 4 aliphatic rings. The van der Waals surface area contributed by atoms with Crippen molar-refractivity contribution in [1.29, 1.82) is 0 Å². The number of hydrogen-bond donors (Lipinski definition) is 21. The summed E-state index contributed by atoms with van der Waals surface area (Å²) in [7, 11) is -16.0. The fourth-order valence-corrected chi connectivity index (χ4v) is 14.8. The van der Waals surface area contributed by atoms with E-state index in [0.29, 0.717) is 50.7 Å². The Balaban J connectivity index is 0.842. The number of rotatable bonds is 35. The number of anilines is 4. The molecule has 108 heavy (non-hydrogen) atoms. The fourth-order valence-electron chi connectivity index (χ4n) is 12.7. The van der Waals surface area contributed by atoms with Crippen LogP contribution in [0.1, 0.15) is 82.5 Å². The highest BCUT2D eigenvalue weighted by Crippen LogP contribution is 2.41. The van der Waals surface area contributed by atoms with Crippen LogP contribution in [-0.2, 0) is 87.4 Å². The van der Waals surface area contributed by atoms with Gasteiger partial charge in [0.15, 0.2) is 18.9 Å². The quantitative estimate of drug-likeness (QED) is 0.0116. The number of unbranched alkanes of at least 4 members (excludes halogenated alkanes) is 5. The van der Waals surface area contributed by atoms with Crippen LogP contribution in [0.2, 0.25) is 0 Å². The highest BCUT2D eigenvalue weighted by atomic mass is 32.2. The number of nitrogens with one attached hydrogen (secondary N) is 6. The van der Waals surface area contributed by atoms with E-state index in [0.717, 1.165) is 19.9 Å². The predicted molar refractivity (Wildman–Crippen MR) is 363 cm³/mol. The minimum Gasteiger partial charge on any atom is -0.477 e. The summed E-state index contributed by atoms with van der Waals surface area (Å²) >= 11 is 0. The van der Waals surface area contributed by atoms with Crippen molar-refractivity contribution >= 4 is 93.5 Å². The number of carbonyl (C=O) groups is 5. The predicted octanol–water partition coefficient (Wildman–Crippen LogP) is -5.76. The first kappa shape index (κ1) is 86.5. The number of hydrogen-bond acceptors (Lipinski definition) is 34. The highest BCUT2D eigenvalue weighted by Gasteiger charge is 2.61. The van der Waals surface area contributed by atoms with Gasteiger partial charge in [-0.25, -0.2) is 4.79 Å². The molecular formula is C63H86N6O36S3. The molecule has 4 aromatic carbocycles. The lowest BCUT2D eigenvalue weighted by molar-refractivity contribution is -0.391. The Morgan fingerprint density at radius 1 is 0.648 bits per heavy atom. The van der Waals surface area contributed by atoms with Crippen molar-refractivity contribution in [3.05, 3.63) is 74.5 Å². The molecule has 4 fully saturated rings. The molecule has 4 amide bonds. The van der Waals surface area contributed by atoms with Gasteiger partial charge in [0.05, 0.1) is 48.7 Å². The van der Waals surface area contributed by atoms with Crippen molar-refractivity contribution in [2.75, 3.05) is 55.5 Å². The molecule has 4 heterocycles. The van der Waals surface area contributed by atoms with E-state index in [-0.39, 0.29) is 60.7 Å². The summed E-state index contributed by atoms with van der Waals surface area (Å²) in [5.41, 5.74) is -2.91. The zero-order valence-corrected chi connectivity index (χ0v) is 60.0. The van der Waals surface area contributed by atoms with Crippen molar-refractivity contribution < 1.29 is 162 Å². The SMILES string of the molecule is CC(=O)NC1C(OCCCCCCCCC(=O)NCCNc2c(Nc3cccc(C(=O)Nc4ccc(S(=O)(=O)O)c5cc(S(=O)(=O)O)cc(S(=O)(=O)O)c45)c3)c(=O)c2=O)OC(CO)C(OC2OC(CO)C(O)C(OC3(C(=O)O)CC(O)C(NC(C)=O)C([C@H](O)[C@H](O)CO)O3)C2O)C1OC1OC(C)C(O)C(O)C1O. The van der Waals surface area contributed by atoms with Gasteiger partial charge in [0.2, 0.25) is 17.7 Å². The molecule has 45 heteroatoms. The van der Waals surface area contributed by atoms with Crippen LogP contribution in [0.5, 0.6) is 0 Å². The van der Waals surface area contributed by atoms with Crippen molar-refractivity contribution in [2.45, 2.75) is 215 Å². The van der Waals surface area contributed by atoms with Gasteiger partial charge in [-0.05, 0) is 62.2 Å². The molecule has 8 rings (SSSR count). The van der Waals surface area contributed by atoms with Crippen LogP contribution < -0.4 is 42.8 Å². The first-order valence-corrected chi connectivity index (χ1v) is 37.8. The standard InChI is InChI=1S/C63H86N6O36S3/c1-26-46(78)51(83)52(84)60(99-26)103-56-45(67-28(3)74)59(101-37(25-72)54(56)102-61-53(85)57(48(80)36(24-71)100-61)105-63(62(87)88)22-34(75)42(66-27(2)73)55(104-63)47(79)35(76)23-70)98-18-9-7-5-4-6-8-13-40(77)64-16-17-65-43-44(50(82)49(43)81)68-30-12-10-11-29(19-30)58(86)69-33-14-15-38(107(92,93)94)32-20-31(106(89,90)91)21-39(41(32)33)108(95,96)97/h10-12,14-15,19-21,26,34-37,42,45-48,51-57,59-61,65,68,70-72,75-76,78-80,83-85H,4-9,13,16-18,22-25H2,1-3H3,(H,64,77)(H,66,73)(H,67,74)(H,69,86)(H,87,88)(H,89,90,91)(H,92,93,94)(H,95,96,97)/t26?,34?,35-,36?,37?,42?,45?,46?,47-,48?,51?,52?,53?,54?,55?,56?,57?,59?,60?,61?,63?/m1/s1. The maximum absolute atomic E-state index is 13.6. The second-order valence-corrected chi connectivity index (χ2v) is 30.2. The average Bonchev–Trinajstić information content (AvgIpc) is 0.745. The molecule has 4 aliphatic heterocycles. The van der Waals surface area contributed by atoms with Crippen LogP contribution in [0.4, 0.5) is 22.7 Å². The number of fused-ring (bicyclic) bond motifs is 1. The summed E-state index contributed by atoms with van der Waals surface area (Å²) < 4.78 is 151. The Kier molecular flexibility index (Phi) is 29.1. The van der Waals surface area contributed by atoms with Gasteiger partial charge < -0.3 is 131 Å². The number of carbonyl (C=O) groups excluding carboxylic acids is 4. The molecule has 4 aromatic rings. The average molecular weight is 1600 g/mol. The van der Waals surface area contributed by atoms with E-state index in [9.17, 15) is 134 Å². The van der Waals surface area contributed by atoms with E-state index >= 15 is 0 Å². The summed E-state index contributed by atoms with van der Waals surface area (Å²) in [6.45, 7) is 0.0294. The minimum absolute atomic E-state index is 0.0102. The van der Waals surface area contributed by atoms with Crippen LogP contribution in [-0.4, -0.2) is 298 Å². The van der Waals surface area contributed by atoms with Gasteiger partial charge in [0, 0.05) is 68.4 Å². The number of aliphatic carboxylic acids is 1. The molecular weight excluding hydrogens is 1510 g/mol.